The summed E-state index contributed by atoms with van der Waals surface area (Å²) in [6.45, 7) is 9.66. The summed E-state index contributed by atoms with van der Waals surface area (Å²) in [4.78, 5) is 40.1. The first kappa shape index (κ1) is 37.2. The molecule has 0 heterocycles. The molecule has 1 saturated carbocycles. The Morgan fingerprint density at radius 2 is 1.61 bits per heavy atom. The number of nitrogens with zero attached hydrogens (tertiary/aromatic N) is 1. The SMILES string of the molecule is CCCCCCCC(CCCC(=O)NCCC[Si](OC)(OC)OC)OC(=O)NCC1(C)CC(N=C=O)CC(C)(C)C1. The average molecular weight is 600 g/mol. The number of ether oxygens (including phenoxy) is 1. The zero-order chi connectivity index (χ0) is 30.8. The molecule has 2 N–H and O–H groups in total. The first-order valence-electron chi connectivity index (χ1n) is 15.4. The van der Waals surface area contributed by atoms with Crippen LogP contribution in [0.1, 0.15) is 111 Å². The molecule has 0 bridgehead atoms. The number of rotatable bonds is 21. The van der Waals surface area contributed by atoms with Crippen molar-refractivity contribution < 1.29 is 32.4 Å². The van der Waals surface area contributed by atoms with Crippen molar-refractivity contribution in [2.75, 3.05) is 34.4 Å². The largest absolute Gasteiger partial charge is 0.500 e. The Balaban J connectivity index is 2.55. The predicted octanol–water partition coefficient (Wildman–Crippen LogP) is 5.92. The highest BCUT2D eigenvalue weighted by atomic mass is 28.4. The number of carbonyl (C=O) groups is 2. The van der Waals surface area contributed by atoms with E-state index in [4.69, 9.17) is 18.0 Å². The van der Waals surface area contributed by atoms with Crippen LogP contribution in [0.4, 0.5) is 4.79 Å². The molecule has 3 unspecified atom stereocenters. The van der Waals surface area contributed by atoms with E-state index in [2.05, 4.69) is 43.3 Å². The zero-order valence-electron chi connectivity index (χ0n) is 26.8. The fraction of sp³-hybridized carbons (Fsp3) is 0.900. The molecule has 0 radical (unpaired) electrons. The Bertz CT molecular complexity index is 810. The lowest BCUT2D eigenvalue weighted by Crippen LogP contribution is -2.45. The van der Waals surface area contributed by atoms with Crippen LogP contribution in [-0.4, -0.2) is 73.4 Å². The molecule has 0 aliphatic heterocycles. The Morgan fingerprint density at radius 1 is 0.951 bits per heavy atom. The van der Waals surface area contributed by atoms with E-state index in [-0.39, 0.29) is 28.9 Å². The molecule has 11 heteroatoms. The van der Waals surface area contributed by atoms with Crippen molar-refractivity contribution >= 4 is 26.9 Å². The van der Waals surface area contributed by atoms with Gasteiger partial charge in [0.1, 0.15) is 6.10 Å². The van der Waals surface area contributed by atoms with Gasteiger partial charge in [-0.2, -0.15) is 0 Å². The van der Waals surface area contributed by atoms with Crippen LogP contribution in [0.2, 0.25) is 6.04 Å². The number of amides is 2. The quantitative estimate of drug-likeness (QED) is 0.0726. The highest BCUT2D eigenvalue weighted by molar-refractivity contribution is 6.60. The van der Waals surface area contributed by atoms with E-state index >= 15 is 0 Å². The molecule has 10 nitrogen and oxygen atoms in total. The molecule has 1 aliphatic carbocycles. The predicted molar refractivity (Wildman–Crippen MR) is 162 cm³/mol. The Labute approximate surface area is 249 Å². The summed E-state index contributed by atoms with van der Waals surface area (Å²) >= 11 is 0. The number of hydrogen-bond donors (Lipinski definition) is 2. The van der Waals surface area contributed by atoms with Gasteiger partial charge in [-0.1, -0.05) is 53.4 Å². The molecule has 238 valence electrons. The van der Waals surface area contributed by atoms with Gasteiger partial charge in [0.25, 0.3) is 0 Å². The van der Waals surface area contributed by atoms with Gasteiger partial charge in [0.05, 0.1) is 6.04 Å². The average Bonchev–Trinajstić information content (AvgIpc) is 2.91. The third-order valence-electron chi connectivity index (χ3n) is 8.06. The van der Waals surface area contributed by atoms with E-state index in [1.54, 1.807) is 27.4 Å². The smallest absolute Gasteiger partial charge is 0.446 e. The van der Waals surface area contributed by atoms with Crippen LogP contribution < -0.4 is 10.6 Å². The number of isocyanates is 1. The van der Waals surface area contributed by atoms with Gasteiger partial charge in [-0.25, -0.2) is 14.6 Å². The summed E-state index contributed by atoms with van der Waals surface area (Å²) in [5.41, 5.74) is -0.162. The molecule has 3 atom stereocenters. The molecule has 0 aromatic rings. The Hall–Kier alpha value is -1.78. The van der Waals surface area contributed by atoms with Crippen LogP contribution in [0.25, 0.3) is 0 Å². The van der Waals surface area contributed by atoms with Gasteiger partial charge in [-0.15, -0.1) is 0 Å². The molecule has 0 saturated heterocycles. The number of unbranched alkanes of at least 4 members (excludes halogenated alkanes) is 4. The molecule has 0 aromatic carbocycles. The topological polar surface area (TPSA) is 125 Å². The zero-order valence-corrected chi connectivity index (χ0v) is 27.8. The lowest BCUT2D eigenvalue weighted by molar-refractivity contribution is -0.121. The minimum Gasteiger partial charge on any atom is -0.446 e. The summed E-state index contributed by atoms with van der Waals surface area (Å²) in [6.07, 6.45) is 12.4. The van der Waals surface area contributed by atoms with Crippen LogP contribution in [0.3, 0.4) is 0 Å². The second kappa shape index (κ2) is 19.4. The van der Waals surface area contributed by atoms with Crippen molar-refractivity contribution in [2.24, 2.45) is 15.8 Å². The highest BCUT2D eigenvalue weighted by Gasteiger charge is 2.41. The third-order valence-corrected chi connectivity index (χ3v) is 10.9. The highest BCUT2D eigenvalue weighted by Crippen LogP contribution is 2.46. The van der Waals surface area contributed by atoms with E-state index in [0.29, 0.717) is 44.8 Å². The van der Waals surface area contributed by atoms with Gasteiger partial charge in [-0.3, -0.25) is 4.79 Å². The summed E-state index contributed by atoms with van der Waals surface area (Å²) in [5.74, 6) is -0.0176. The molecule has 1 rings (SSSR count). The van der Waals surface area contributed by atoms with E-state index in [1.807, 2.05) is 0 Å². The number of carbonyl (C=O) groups excluding carboxylic acids is 3. The molecule has 41 heavy (non-hydrogen) atoms. The molecule has 2 amide bonds. The first-order chi connectivity index (χ1) is 19.5. The number of alkyl carbamates (subject to hydrolysis) is 1. The van der Waals surface area contributed by atoms with Gasteiger partial charge >= 0.3 is 14.9 Å². The maximum atomic E-state index is 12.8. The molecule has 1 aliphatic rings. The fourth-order valence-electron chi connectivity index (χ4n) is 6.26. The summed E-state index contributed by atoms with van der Waals surface area (Å²) in [5, 5.41) is 5.94. The number of hydrogen-bond acceptors (Lipinski definition) is 8. The van der Waals surface area contributed by atoms with Crippen molar-refractivity contribution in [1.82, 2.24) is 10.6 Å². The van der Waals surface area contributed by atoms with Crippen LogP contribution in [0.15, 0.2) is 4.99 Å². The maximum absolute atomic E-state index is 12.8. The lowest BCUT2D eigenvalue weighted by atomic mass is 9.63. The fourth-order valence-corrected chi connectivity index (χ4v) is 7.99. The van der Waals surface area contributed by atoms with Gasteiger partial charge in [0.15, 0.2) is 0 Å². The van der Waals surface area contributed by atoms with E-state index in [0.717, 1.165) is 38.5 Å². The standard InChI is InChI=1S/C30H57N3O7Si/c1-8-9-10-11-12-15-26(16-13-17-27(35)31-18-14-19-41(37-5,38-6)39-7)40-28(36)32-23-30(4)21-25(33-24-34)20-29(2,3)22-30/h25-26H,8-23H2,1-7H3,(H,31,35)(H,32,36). The maximum Gasteiger partial charge on any atom is 0.500 e. The second-order valence-corrected chi connectivity index (χ2v) is 15.7. The van der Waals surface area contributed by atoms with Crippen LogP contribution in [0, 0.1) is 10.8 Å². The lowest BCUT2D eigenvalue weighted by Gasteiger charge is -2.45. The van der Waals surface area contributed by atoms with Crippen LogP contribution in [-0.2, 0) is 27.6 Å². The number of nitrogens with one attached hydrogen (secondary N) is 2. The van der Waals surface area contributed by atoms with Crippen molar-refractivity contribution in [3.63, 3.8) is 0 Å². The van der Waals surface area contributed by atoms with Gasteiger partial charge < -0.3 is 28.6 Å². The van der Waals surface area contributed by atoms with Crippen LogP contribution >= 0.6 is 0 Å². The van der Waals surface area contributed by atoms with Gasteiger partial charge in [-0.05, 0) is 62.2 Å². The van der Waals surface area contributed by atoms with E-state index in [1.165, 1.54) is 19.3 Å². The minimum absolute atomic E-state index is 0.0176. The van der Waals surface area contributed by atoms with Gasteiger partial charge in [0, 0.05) is 46.9 Å². The molecule has 0 spiro atoms. The van der Waals surface area contributed by atoms with E-state index in [9.17, 15) is 14.4 Å². The van der Waals surface area contributed by atoms with Gasteiger partial charge in [0.2, 0.25) is 12.0 Å². The molecule has 0 aromatic heterocycles. The minimum atomic E-state index is -2.63. The Morgan fingerprint density at radius 3 is 2.24 bits per heavy atom. The monoisotopic (exact) mass is 599 g/mol. The molecular formula is C30H57N3O7Si. The van der Waals surface area contributed by atoms with Crippen molar-refractivity contribution in [3.8, 4) is 0 Å². The summed E-state index contributed by atoms with van der Waals surface area (Å²) < 4.78 is 22.1. The number of aliphatic imine (C=N–C) groups is 1. The normalized spacial score (nSPS) is 21.0. The first-order valence-corrected chi connectivity index (χ1v) is 17.3. The molecular weight excluding hydrogens is 542 g/mol. The second-order valence-electron chi connectivity index (χ2n) is 12.7. The summed E-state index contributed by atoms with van der Waals surface area (Å²) in [6, 6.07) is 0.548. The third kappa shape index (κ3) is 15.3. The van der Waals surface area contributed by atoms with E-state index < -0.39 is 14.9 Å². The van der Waals surface area contributed by atoms with Crippen molar-refractivity contribution in [2.45, 2.75) is 129 Å². The van der Waals surface area contributed by atoms with Crippen molar-refractivity contribution in [3.05, 3.63) is 0 Å². The molecule has 1 fully saturated rings. The van der Waals surface area contributed by atoms with Crippen LogP contribution in [0.5, 0.6) is 0 Å². The van der Waals surface area contributed by atoms with Crippen molar-refractivity contribution in [1.29, 1.82) is 0 Å². The Kier molecular flexibility index (Phi) is 17.6. The summed E-state index contributed by atoms with van der Waals surface area (Å²) in [7, 11) is 2.11.